The van der Waals surface area contributed by atoms with Crippen molar-refractivity contribution < 1.29 is 17.9 Å². The molecule has 0 unspecified atom stereocenters. The first-order valence-electron chi connectivity index (χ1n) is 6.27. The van der Waals surface area contributed by atoms with Gasteiger partial charge in [0.05, 0.1) is 12.3 Å². The minimum atomic E-state index is -3.80. The molecule has 1 heterocycles. The van der Waals surface area contributed by atoms with E-state index < -0.39 is 28.0 Å². The highest BCUT2D eigenvalue weighted by atomic mass is 32.2. The first-order chi connectivity index (χ1) is 9.08. The molecule has 0 spiro atoms. The van der Waals surface area contributed by atoms with Crippen molar-refractivity contribution in [2.75, 3.05) is 13.2 Å². The second-order valence-electron chi connectivity index (χ2n) is 5.40. The van der Waals surface area contributed by atoms with Crippen LogP contribution in [0.2, 0.25) is 0 Å². The highest BCUT2D eigenvalue weighted by molar-refractivity contribution is 7.89. The normalized spacial score (nSPS) is 12.4. The highest BCUT2D eigenvalue weighted by Crippen LogP contribution is 2.27. The van der Waals surface area contributed by atoms with E-state index >= 15 is 0 Å². The van der Waals surface area contributed by atoms with Crippen LogP contribution in [0.25, 0.3) is 0 Å². The molecular formula is C12H21N3O4S. The second-order valence-corrected chi connectivity index (χ2v) is 7.13. The van der Waals surface area contributed by atoms with Gasteiger partial charge in [-0.1, -0.05) is 20.8 Å². The number of rotatable bonds is 5. The number of ether oxygens (including phenoxy) is 1. The summed E-state index contributed by atoms with van der Waals surface area (Å²) in [6.45, 7) is 7.10. The van der Waals surface area contributed by atoms with Gasteiger partial charge in [0, 0.05) is 18.7 Å². The monoisotopic (exact) mass is 303 g/mol. The van der Waals surface area contributed by atoms with E-state index in [1.165, 1.54) is 10.9 Å². The standard InChI is InChI=1S/C12H21N3O4S/c1-6-19-10(16)7-13-20(17,18)9-8-15(5)14-11(9)12(2,3)4/h8,13H,6-7H2,1-5H3. The summed E-state index contributed by atoms with van der Waals surface area (Å²) in [6.07, 6.45) is 1.42. The van der Waals surface area contributed by atoms with Crippen molar-refractivity contribution in [2.45, 2.75) is 38.0 Å². The Bertz CT molecular complexity index is 584. The first kappa shape index (κ1) is 16.6. The third kappa shape index (κ3) is 4.04. The zero-order valence-corrected chi connectivity index (χ0v) is 13.2. The van der Waals surface area contributed by atoms with Crippen LogP contribution in [-0.2, 0) is 32.0 Å². The molecule has 0 aromatic carbocycles. The minimum absolute atomic E-state index is 0.0804. The lowest BCUT2D eigenvalue weighted by Gasteiger charge is -2.17. The number of hydrogen-bond donors (Lipinski definition) is 1. The zero-order chi connectivity index (χ0) is 15.6. The van der Waals surface area contributed by atoms with Crippen molar-refractivity contribution in [1.29, 1.82) is 0 Å². The molecule has 0 atom stereocenters. The Morgan fingerprint density at radius 2 is 2.05 bits per heavy atom. The molecule has 1 aromatic rings. The molecule has 0 bridgehead atoms. The molecule has 20 heavy (non-hydrogen) atoms. The number of sulfonamides is 1. The summed E-state index contributed by atoms with van der Waals surface area (Å²) in [5.74, 6) is -0.614. The summed E-state index contributed by atoms with van der Waals surface area (Å²) in [5, 5.41) is 4.19. The van der Waals surface area contributed by atoms with Gasteiger partial charge in [0.1, 0.15) is 11.4 Å². The molecule has 0 amide bonds. The van der Waals surface area contributed by atoms with Crippen molar-refractivity contribution in [3.05, 3.63) is 11.9 Å². The summed E-state index contributed by atoms with van der Waals surface area (Å²) in [7, 11) is -2.15. The SMILES string of the molecule is CCOC(=O)CNS(=O)(=O)c1cn(C)nc1C(C)(C)C. The smallest absolute Gasteiger partial charge is 0.321 e. The molecule has 114 valence electrons. The van der Waals surface area contributed by atoms with Gasteiger partial charge in [0.2, 0.25) is 10.0 Å². The quantitative estimate of drug-likeness (QED) is 0.803. The van der Waals surface area contributed by atoms with Gasteiger partial charge in [-0.25, -0.2) is 8.42 Å². The van der Waals surface area contributed by atoms with Gasteiger partial charge in [-0.2, -0.15) is 9.82 Å². The summed E-state index contributed by atoms with van der Waals surface area (Å²) in [4.78, 5) is 11.3. The van der Waals surface area contributed by atoms with Gasteiger partial charge in [-0.05, 0) is 6.92 Å². The molecule has 0 aliphatic rings. The van der Waals surface area contributed by atoms with Gasteiger partial charge < -0.3 is 4.74 Å². The molecule has 0 saturated heterocycles. The Labute approximate surface area is 119 Å². The topological polar surface area (TPSA) is 90.3 Å². The number of hydrogen-bond acceptors (Lipinski definition) is 5. The molecule has 7 nitrogen and oxygen atoms in total. The van der Waals surface area contributed by atoms with Crippen LogP contribution in [0.1, 0.15) is 33.4 Å². The number of esters is 1. The van der Waals surface area contributed by atoms with Crippen LogP contribution in [0.15, 0.2) is 11.1 Å². The molecule has 0 saturated carbocycles. The van der Waals surface area contributed by atoms with Crippen LogP contribution in [0.4, 0.5) is 0 Å². The van der Waals surface area contributed by atoms with Gasteiger partial charge in [0.25, 0.3) is 0 Å². The predicted molar refractivity (Wildman–Crippen MR) is 73.7 cm³/mol. The van der Waals surface area contributed by atoms with Crippen LogP contribution in [-0.4, -0.2) is 37.3 Å². The van der Waals surface area contributed by atoms with E-state index in [-0.39, 0.29) is 11.5 Å². The second kappa shape index (κ2) is 5.92. The number of nitrogens with zero attached hydrogens (tertiary/aromatic N) is 2. The molecule has 8 heteroatoms. The number of nitrogens with one attached hydrogen (secondary N) is 1. The summed E-state index contributed by atoms with van der Waals surface area (Å²) >= 11 is 0. The molecule has 1 N–H and O–H groups in total. The van der Waals surface area contributed by atoms with E-state index in [2.05, 4.69) is 14.6 Å². The van der Waals surface area contributed by atoms with Crippen LogP contribution >= 0.6 is 0 Å². The average Bonchev–Trinajstić information content (AvgIpc) is 2.70. The largest absolute Gasteiger partial charge is 0.465 e. The molecule has 1 aromatic heterocycles. The van der Waals surface area contributed by atoms with Crippen LogP contribution in [0.5, 0.6) is 0 Å². The molecule has 0 aliphatic heterocycles. The third-order valence-corrected chi connectivity index (χ3v) is 3.91. The number of aromatic nitrogens is 2. The van der Waals surface area contributed by atoms with Crippen molar-refractivity contribution in [3.63, 3.8) is 0 Å². The molecule has 0 radical (unpaired) electrons. The third-order valence-electron chi connectivity index (χ3n) is 2.51. The molecule has 0 fully saturated rings. The van der Waals surface area contributed by atoms with E-state index in [1.54, 1.807) is 14.0 Å². The first-order valence-corrected chi connectivity index (χ1v) is 7.75. The minimum Gasteiger partial charge on any atom is -0.465 e. The van der Waals surface area contributed by atoms with Crippen molar-refractivity contribution in [2.24, 2.45) is 7.05 Å². The Hall–Kier alpha value is -1.41. The molecule has 0 aliphatic carbocycles. The lowest BCUT2D eigenvalue weighted by Crippen LogP contribution is -2.32. The van der Waals surface area contributed by atoms with Crippen LogP contribution in [0, 0.1) is 0 Å². The van der Waals surface area contributed by atoms with E-state index in [4.69, 9.17) is 0 Å². The van der Waals surface area contributed by atoms with Crippen molar-refractivity contribution in [3.8, 4) is 0 Å². The molecular weight excluding hydrogens is 282 g/mol. The van der Waals surface area contributed by atoms with E-state index in [0.29, 0.717) is 5.69 Å². The van der Waals surface area contributed by atoms with Crippen LogP contribution < -0.4 is 4.72 Å². The Balaban J connectivity index is 3.02. The highest BCUT2D eigenvalue weighted by Gasteiger charge is 2.29. The maximum Gasteiger partial charge on any atom is 0.321 e. The van der Waals surface area contributed by atoms with Crippen molar-refractivity contribution >= 4 is 16.0 Å². The van der Waals surface area contributed by atoms with Gasteiger partial charge >= 0.3 is 5.97 Å². The van der Waals surface area contributed by atoms with Crippen molar-refractivity contribution in [1.82, 2.24) is 14.5 Å². The van der Waals surface area contributed by atoms with E-state index in [9.17, 15) is 13.2 Å². The Morgan fingerprint density at radius 1 is 1.45 bits per heavy atom. The fourth-order valence-electron chi connectivity index (χ4n) is 1.63. The fourth-order valence-corrected chi connectivity index (χ4v) is 2.98. The maximum atomic E-state index is 12.2. The Kier molecular flexibility index (Phi) is 4.93. The lowest BCUT2D eigenvalue weighted by atomic mass is 9.92. The van der Waals surface area contributed by atoms with Gasteiger partial charge in [-0.15, -0.1) is 0 Å². The van der Waals surface area contributed by atoms with E-state index in [1.807, 2.05) is 20.8 Å². The molecule has 1 rings (SSSR count). The maximum absolute atomic E-state index is 12.2. The summed E-state index contributed by atoms with van der Waals surface area (Å²) in [6, 6.07) is 0. The zero-order valence-electron chi connectivity index (χ0n) is 12.4. The van der Waals surface area contributed by atoms with Crippen LogP contribution in [0.3, 0.4) is 0 Å². The number of aryl methyl sites for hydroxylation is 1. The lowest BCUT2D eigenvalue weighted by molar-refractivity contribution is -0.141. The van der Waals surface area contributed by atoms with Gasteiger partial charge in [-0.3, -0.25) is 9.48 Å². The average molecular weight is 303 g/mol. The summed E-state index contributed by atoms with van der Waals surface area (Å²) < 4.78 is 32.9. The van der Waals surface area contributed by atoms with E-state index in [0.717, 1.165) is 0 Å². The fraction of sp³-hybridized carbons (Fsp3) is 0.667. The number of carbonyl (C=O) groups is 1. The predicted octanol–water partition coefficient (Wildman–Crippen LogP) is 0.559. The van der Waals surface area contributed by atoms with Gasteiger partial charge in [0.15, 0.2) is 0 Å². The number of carbonyl (C=O) groups excluding carboxylic acids is 1. The Morgan fingerprint density at radius 3 is 2.55 bits per heavy atom. The summed E-state index contributed by atoms with van der Waals surface area (Å²) in [5.41, 5.74) is 0.0336.